The molecule has 0 aliphatic carbocycles. The normalized spacial score (nSPS) is 12.3. The molecule has 0 saturated carbocycles. The molecule has 4 heteroatoms. The Bertz CT molecular complexity index is 410. The number of amides is 2. The Hall–Kier alpha value is -1.84. The highest BCUT2D eigenvalue weighted by molar-refractivity contribution is 5.84. The maximum Gasteiger partial charge on any atom is 0.332 e. The van der Waals surface area contributed by atoms with Gasteiger partial charge >= 0.3 is 6.03 Å². The minimum Gasteiger partial charge on any atom is -0.350 e. The molecule has 1 aromatic carbocycles. The summed E-state index contributed by atoms with van der Waals surface area (Å²) >= 11 is 0. The number of primary amides is 1. The summed E-state index contributed by atoms with van der Waals surface area (Å²) in [7, 11) is 0. The molecular weight excluding hydrogens is 214 g/mol. The van der Waals surface area contributed by atoms with E-state index in [1.54, 1.807) is 0 Å². The zero-order valence-corrected chi connectivity index (χ0v) is 10.5. The van der Waals surface area contributed by atoms with E-state index >= 15 is 0 Å². The molecule has 0 aliphatic heterocycles. The van der Waals surface area contributed by atoms with E-state index in [2.05, 4.69) is 36.5 Å². The van der Waals surface area contributed by atoms with Gasteiger partial charge < -0.3 is 5.73 Å². The van der Waals surface area contributed by atoms with Gasteiger partial charge in [0.2, 0.25) is 0 Å². The van der Waals surface area contributed by atoms with E-state index in [9.17, 15) is 4.79 Å². The summed E-state index contributed by atoms with van der Waals surface area (Å²) in [5.74, 6) is 0. The van der Waals surface area contributed by atoms with Gasteiger partial charge in [0, 0.05) is 5.71 Å². The molecule has 0 bridgehead atoms. The fourth-order valence-corrected chi connectivity index (χ4v) is 1.82. The van der Waals surface area contributed by atoms with E-state index in [0.717, 1.165) is 12.1 Å². The lowest BCUT2D eigenvalue weighted by atomic mass is 9.80. The minimum absolute atomic E-state index is 0.0197. The molecule has 92 valence electrons. The zero-order valence-electron chi connectivity index (χ0n) is 10.5. The lowest BCUT2D eigenvalue weighted by molar-refractivity contribution is 0.249. The van der Waals surface area contributed by atoms with Gasteiger partial charge in [-0.2, -0.15) is 5.10 Å². The summed E-state index contributed by atoms with van der Waals surface area (Å²) in [6, 6.07) is 9.58. The number of hydrogen-bond acceptors (Lipinski definition) is 2. The van der Waals surface area contributed by atoms with Crippen LogP contribution in [0.25, 0.3) is 0 Å². The molecule has 0 unspecified atom stereocenters. The smallest absolute Gasteiger partial charge is 0.332 e. The van der Waals surface area contributed by atoms with E-state index < -0.39 is 6.03 Å². The average Bonchev–Trinajstić information content (AvgIpc) is 2.27. The summed E-state index contributed by atoms with van der Waals surface area (Å²) in [6.45, 7) is 6.16. The van der Waals surface area contributed by atoms with Gasteiger partial charge in [0.1, 0.15) is 0 Å². The first-order valence-electron chi connectivity index (χ1n) is 5.56. The van der Waals surface area contributed by atoms with Crippen LogP contribution >= 0.6 is 0 Å². The van der Waals surface area contributed by atoms with Crippen LogP contribution < -0.4 is 11.2 Å². The first-order chi connectivity index (χ1) is 7.92. The van der Waals surface area contributed by atoms with Crippen molar-refractivity contribution in [1.29, 1.82) is 0 Å². The monoisotopic (exact) mass is 233 g/mol. The molecule has 0 saturated heterocycles. The Morgan fingerprint density at radius 2 is 1.94 bits per heavy atom. The van der Waals surface area contributed by atoms with Gasteiger partial charge in [-0.05, 0) is 24.3 Å². The Balaban J connectivity index is 2.73. The number of urea groups is 1. The van der Waals surface area contributed by atoms with Gasteiger partial charge in [-0.25, -0.2) is 10.2 Å². The predicted molar refractivity (Wildman–Crippen MR) is 69.9 cm³/mol. The number of benzene rings is 1. The van der Waals surface area contributed by atoms with Crippen molar-refractivity contribution >= 4 is 11.7 Å². The summed E-state index contributed by atoms with van der Waals surface area (Å²) in [5.41, 5.74) is 9.27. The number of carbonyl (C=O) groups is 1. The van der Waals surface area contributed by atoms with Gasteiger partial charge in [-0.3, -0.25) is 0 Å². The highest BCUT2D eigenvalue weighted by Crippen LogP contribution is 2.26. The Morgan fingerprint density at radius 1 is 1.35 bits per heavy atom. The van der Waals surface area contributed by atoms with E-state index in [1.165, 1.54) is 5.56 Å². The number of nitrogens with two attached hydrogens (primary N) is 1. The van der Waals surface area contributed by atoms with Gasteiger partial charge in [0.15, 0.2) is 0 Å². The van der Waals surface area contributed by atoms with Crippen molar-refractivity contribution in [2.24, 2.45) is 10.8 Å². The van der Waals surface area contributed by atoms with Crippen molar-refractivity contribution in [3.63, 3.8) is 0 Å². The quantitative estimate of drug-likeness (QED) is 0.608. The Morgan fingerprint density at radius 3 is 2.47 bits per heavy atom. The second-order valence-electron chi connectivity index (χ2n) is 4.75. The topological polar surface area (TPSA) is 67.5 Å². The molecule has 1 rings (SSSR count). The summed E-state index contributed by atoms with van der Waals surface area (Å²) < 4.78 is 0. The second kappa shape index (κ2) is 5.48. The van der Waals surface area contributed by atoms with Crippen LogP contribution in [0.1, 0.15) is 32.8 Å². The highest BCUT2D eigenvalue weighted by Gasteiger charge is 2.21. The van der Waals surface area contributed by atoms with E-state index in [1.807, 2.05) is 25.1 Å². The third kappa shape index (κ3) is 4.26. The van der Waals surface area contributed by atoms with Crippen LogP contribution in [0.2, 0.25) is 0 Å². The van der Waals surface area contributed by atoms with Crippen molar-refractivity contribution in [2.75, 3.05) is 0 Å². The summed E-state index contributed by atoms with van der Waals surface area (Å²) in [4.78, 5) is 10.5. The van der Waals surface area contributed by atoms with Gasteiger partial charge in [-0.1, -0.05) is 44.2 Å². The molecule has 0 aromatic heterocycles. The molecule has 0 aliphatic rings. The van der Waals surface area contributed by atoms with E-state index in [4.69, 9.17) is 5.73 Å². The number of hydrogen-bond donors (Lipinski definition) is 2. The number of hydrazone groups is 1. The first-order valence-corrected chi connectivity index (χ1v) is 5.56. The molecule has 2 amide bonds. The zero-order chi connectivity index (χ0) is 12.9. The number of nitrogens with zero attached hydrogens (tertiary/aromatic N) is 1. The lowest BCUT2D eigenvalue weighted by Crippen LogP contribution is -2.27. The fourth-order valence-electron chi connectivity index (χ4n) is 1.82. The van der Waals surface area contributed by atoms with Crippen molar-refractivity contribution in [2.45, 2.75) is 32.6 Å². The second-order valence-corrected chi connectivity index (χ2v) is 4.75. The third-order valence-electron chi connectivity index (χ3n) is 2.61. The van der Waals surface area contributed by atoms with Gasteiger partial charge in [0.05, 0.1) is 0 Å². The van der Waals surface area contributed by atoms with Gasteiger partial charge in [0.25, 0.3) is 0 Å². The van der Waals surface area contributed by atoms with Crippen LogP contribution in [0, 0.1) is 0 Å². The SMILES string of the molecule is C/C(CC(C)(C)c1ccccc1)=N\NC(N)=O. The largest absolute Gasteiger partial charge is 0.350 e. The number of nitrogens with one attached hydrogen (secondary N) is 1. The maximum absolute atomic E-state index is 10.5. The third-order valence-corrected chi connectivity index (χ3v) is 2.61. The van der Waals surface area contributed by atoms with Crippen LogP contribution in [0.3, 0.4) is 0 Å². The molecule has 3 N–H and O–H groups in total. The highest BCUT2D eigenvalue weighted by atomic mass is 16.2. The van der Waals surface area contributed by atoms with Gasteiger partial charge in [-0.15, -0.1) is 0 Å². The van der Waals surface area contributed by atoms with Crippen LogP contribution in [0.5, 0.6) is 0 Å². The molecule has 0 radical (unpaired) electrons. The van der Waals surface area contributed by atoms with E-state index in [0.29, 0.717) is 0 Å². The van der Waals surface area contributed by atoms with Crippen molar-refractivity contribution in [3.05, 3.63) is 35.9 Å². The summed E-state index contributed by atoms with van der Waals surface area (Å²) in [6.07, 6.45) is 0.761. The molecule has 4 nitrogen and oxygen atoms in total. The molecule has 1 aromatic rings. The minimum atomic E-state index is -0.637. The first kappa shape index (κ1) is 13.2. The molecular formula is C13H19N3O. The maximum atomic E-state index is 10.5. The molecule has 0 spiro atoms. The average molecular weight is 233 g/mol. The number of rotatable bonds is 4. The Labute approximate surface area is 102 Å². The van der Waals surface area contributed by atoms with Crippen molar-refractivity contribution in [1.82, 2.24) is 5.43 Å². The van der Waals surface area contributed by atoms with Crippen LogP contribution in [-0.4, -0.2) is 11.7 Å². The van der Waals surface area contributed by atoms with Crippen LogP contribution in [0.15, 0.2) is 35.4 Å². The van der Waals surface area contributed by atoms with Crippen LogP contribution in [-0.2, 0) is 5.41 Å². The van der Waals surface area contributed by atoms with Crippen LogP contribution in [0.4, 0.5) is 4.79 Å². The molecule has 17 heavy (non-hydrogen) atoms. The summed E-state index contributed by atoms with van der Waals surface area (Å²) in [5, 5.41) is 3.93. The molecule has 0 fully saturated rings. The standard InChI is InChI=1S/C13H19N3O/c1-10(15-16-12(14)17)9-13(2,3)11-7-5-4-6-8-11/h4-8H,9H2,1-3H3,(H3,14,16,17)/b15-10+. The van der Waals surface area contributed by atoms with E-state index in [-0.39, 0.29) is 5.41 Å². The fraction of sp³-hybridized carbons (Fsp3) is 0.385. The van der Waals surface area contributed by atoms with Crippen molar-refractivity contribution in [3.8, 4) is 0 Å². The Kier molecular flexibility index (Phi) is 4.26. The lowest BCUT2D eigenvalue weighted by Gasteiger charge is -2.25. The number of carbonyl (C=O) groups excluding carboxylic acids is 1. The molecule has 0 atom stereocenters. The van der Waals surface area contributed by atoms with Crippen molar-refractivity contribution < 1.29 is 4.79 Å². The molecule has 0 heterocycles. The predicted octanol–water partition coefficient (Wildman–Crippen LogP) is 2.40.